The van der Waals surface area contributed by atoms with Crippen LogP contribution in [-0.4, -0.2) is 55.7 Å². The molecule has 3 heterocycles. The maximum absolute atomic E-state index is 5.76. The van der Waals surface area contributed by atoms with Crippen molar-refractivity contribution in [3.05, 3.63) is 35.5 Å². The molecule has 0 saturated carbocycles. The van der Waals surface area contributed by atoms with Gasteiger partial charge < -0.3 is 5.73 Å². The average molecular weight is 343 g/mol. The molecule has 0 radical (unpaired) electrons. The minimum atomic E-state index is 0.539. The minimum Gasteiger partial charge on any atom is -0.384 e. The topological polar surface area (TPSA) is 76.1 Å². The summed E-state index contributed by atoms with van der Waals surface area (Å²) in [6.45, 7) is 6.09. The fraction of sp³-hybridized carbons (Fsp3) is 0.611. The lowest BCUT2D eigenvalue weighted by atomic mass is 10.1. The standard InChI is InChI=1S/C18H29N7/c1-14-15(11-24(3)22-14)12-25-9-4-5-16(7-10-25)23(2)13-18-20-8-6-17(19)21-18/h6,8,11,16H,4-5,7,9-10,12-13H2,1-3H3,(H2,19,20,21)/t16-/m0/s1. The zero-order valence-electron chi connectivity index (χ0n) is 15.5. The molecule has 0 amide bonds. The lowest BCUT2D eigenvalue weighted by Crippen LogP contribution is -2.33. The smallest absolute Gasteiger partial charge is 0.144 e. The predicted octanol–water partition coefficient (Wildman–Crippen LogP) is 1.59. The number of aryl methyl sites for hydroxylation is 2. The number of rotatable bonds is 5. The number of likely N-dealkylation sites (tertiary alicyclic amines) is 1. The molecule has 0 spiro atoms. The third kappa shape index (κ3) is 4.76. The van der Waals surface area contributed by atoms with E-state index >= 15 is 0 Å². The Kier molecular flexibility index (Phi) is 5.65. The molecule has 3 rings (SSSR count). The molecule has 1 aliphatic rings. The number of hydrogen-bond acceptors (Lipinski definition) is 6. The van der Waals surface area contributed by atoms with Crippen LogP contribution in [0.2, 0.25) is 0 Å². The van der Waals surface area contributed by atoms with Gasteiger partial charge in [0.1, 0.15) is 11.6 Å². The van der Waals surface area contributed by atoms with Gasteiger partial charge in [-0.3, -0.25) is 14.5 Å². The summed E-state index contributed by atoms with van der Waals surface area (Å²) >= 11 is 0. The molecule has 0 bridgehead atoms. The van der Waals surface area contributed by atoms with Crippen LogP contribution in [0.25, 0.3) is 0 Å². The highest BCUT2D eigenvalue weighted by molar-refractivity contribution is 5.25. The van der Waals surface area contributed by atoms with Crippen molar-refractivity contribution in [2.45, 2.75) is 45.3 Å². The Balaban J connectivity index is 1.54. The van der Waals surface area contributed by atoms with Gasteiger partial charge in [0.25, 0.3) is 0 Å². The Morgan fingerprint density at radius 2 is 2.16 bits per heavy atom. The number of anilines is 1. The maximum Gasteiger partial charge on any atom is 0.144 e. The molecule has 1 fully saturated rings. The van der Waals surface area contributed by atoms with Gasteiger partial charge in [0.2, 0.25) is 0 Å². The van der Waals surface area contributed by atoms with E-state index < -0.39 is 0 Å². The fourth-order valence-corrected chi connectivity index (χ4v) is 3.63. The maximum atomic E-state index is 5.76. The summed E-state index contributed by atoms with van der Waals surface area (Å²) in [5.74, 6) is 1.34. The number of hydrogen-bond donors (Lipinski definition) is 1. The third-order valence-electron chi connectivity index (χ3n) is 5.04. The first kappa shape index (κ1) is 17.8. The van der Waals surface area contributed by atoms with Crippen molar-refractivity contribution in [2.24, 2.45) is 7.05 Å². The number of nitrogens with two attached hydrogens (primary N) is 1. The van der Waals surface area contributed by atoms with E-state index in [-0.39, 0.29) is 0 Å². The van der Waals surface area contributed by atoms with Crippen molar-refractivity contribution < 1.29 is 0 Å². The Morgan fingerprint density at radius 1 is 1.32 bits per heavy atom. The lowest BCUT2D eigenvalue weighted by Gasteiger charge is -2.26. The first-order valence-electron chi connectivity index (χ1n) is 9.00. The van der Waals surface area contributed by atoms with Crippen LogP contribution < -0.4 is 5.73 Å². The zero-order valence-corrected chi connectivity index (χ0v) is 15.5. The van der Waals surface area contributed by atoms with Crippen LogP contribution in [0, 0.1) is 6.92 Å². The summed E-state index contributed by atoms with van der Waals surface area (Å²) in [7, 11) is 4.15. The highest BCUT2D eigenvalue weighted by Gasteiger charge is 2.21. The predicted molar refractivity (Wildman–Crippen MR) is 98.8 cm³/mol. The molecule has 2 N–H and O–H groups in total. The van der Waals surface area contributed by atoms with E-state index in [1.807, 2.05) is 11.7 Å². The van der Waals surface area contributed by atoms with Crippen LogP contribution in [0.4, 0.5) is 5.82 Å². The third-order valence-corrected chi connectivity index (χ3v) is 5.04. The highest BCUT2D eigenvalue weighted by Crippen LogP contribution is 2.19. The Morgan fingerprint density at radius 3 is 2.88 bits per heavy atom. The quantitative estimate of drug-likeness (QED) is 0.888. The molecule has 1 atom stereocenters. The summed E-state index contributed by atoms with van der Waals surface area (Å²) < 4.78 is 1.91. The molecule has 7 nitrogen and oxygen atoms in total. The molecule has 25 heavy (non-hydrogen) atoms. The summed E-state index contributed by atoms with van der Waals surface area (Å²) in [4.78, 5) is 13.6. The van der Waals surface area contributed by atoms with Crippen molar-refractivity contribution in [1.82, 2.24) is 29.5 Å². The normalized spacial score (nSPS) is 19.3. The van der Waals surface area contributed by atoms with Gasteiger partial charge in [-0.1, -0.05) is 0 Å². The van der Waals surface area contributed by atoms with Gasteiger partial charge in [0.15, 0.2) is 0 Å². The molecule has 136 valence electrons. The van der Waals surface area contributed by atoms with Crippen molar-refractivity contribution in [1.29, 1.82) is 0 Å². The first-order valence-corrected chi connectivity index (χ1v) is 9.00. The number of aromatic nitrogens is 4. The minimum absolute atomic E-state index is 0.539. The largest absolute Gasteiger partial charge is 0.384 e. The van der Waals surface area contributed by atoms with Crippen LogP contribution in [0.15, 0.2) is 18.5 Å². The van der Waals surface area contributed by atoms with Crippen molar-refractivity contribution >= 4 is 5.82 Å². The average Bonchev–Trinajstić information content (AvgIpc) is 2.74. The van der Waals surface area contributed by atoms with Crippen molar-refractivity contribution in [3.63, 3.8) is 0 Å². The van der Waals surface area contributed by atoms with Crippen LogP contribution in [0.1, 0.15) is 36.3 Å². The van der Waals surface area contributed by atoms with Gasteiger partial charge in [0.05, 0.1) is 12.2 Å². The van der Waals surface area contributed by atoms with Gasteiger partial charge in [-0.15, -0.1) is 0 Å². The lowest BCUT2D eigenvalue weighted by molar-refractivity contribution is 0.202. The van der Waals surface area contributed by atoms with Crippen molar-refractivity contribution in [3.8, 4) is 0 Å². The van der Waals surface area contributed by atoms with E-state index in [2.05, 4.69) is 45.0 Å². The molecule has 7 heteroatoms. The van der Waals surface area contributed by atoms with Crippen LogP contribution in [0.5, 0.6) is 0 Å². The molecular weight excluding hydrogens is 314 g/mol. The molecule has 2 aromatic rings. The number of nitrogen functional groups attached to an aromatic ring is 1. The van der Waals surface area contributed by atoms with Crippen LogP contribution >= 0.6 is 0 Å². The zero-order chi connectivity index (χ0) is 17.8. The van der Waals surface area contributed by atoms with E-state index in [0.29, 0.717) is 11.9 Å². The van der Waals surface area contributed by atoms with E-state index in [9.17, 15) is 0 Å². The van der Waals surface area contributed by atoms with E-state index in [1.54, 1.807) is 12.3 Å². The highest BCUT2D eigenvalue weighted by atomic mass is 15.3. The summed E-state index contributed by atoms with van der Waals surface area (Å²) in [5.41, 5.74) is 8.23. The molecule has 2 aromatic heterocycles. The number of nitrogens with zero attached hydrogens (tertiary/aromatic N) is 6. The summed E-state index contributed by atoms with van der Waals surface area (Å²) in [5, 5.41) is 4.45. The van der Waals surface area contributed by atoms with Gasteiger partial charge in [0, 0.05) is 37.6 Å². The van der Waals surface area contributed by atoms with Crippen LogP contribution in [0.3, 0.4) is 0 Å². The molecule has 0 aromatic carbocycles. The van der Waals surface area contributed by atoms with E-state index in [4.69, 9.17) is 5.73 Å². The van der Waals surface area contributed by atoms with E-state index in [0.717, 1.165) is 44.1 Å². The van der Waals surface area contributed by atoms with Crippen molar-refractivity contribution in [2.75, 3.05) is 25.9 Å². The Labute approximate surface area is 149 Å². The monoisotopic (exact) mass is 343 g/mol. The first-order chi connectivity index (χ1) is 12.0. The molecule has 0 unspecified atom stereocenters. The van der Waals surface area contributed by atoms with Gasteiger partial charge in [-0.05, 0) is 52.4 Å². The molecule has 1 saturated heterocycles. The van der Waals surface area contributed by atoms with Gasteiger partial charge in [-0.2, -0.15) is 5.10 Å². The fourth-order valence-electron chi connectivity index (χ4n) is 3.63. The summed E-state index contributed by atoms with van der Waals surface area (Å²) in [6, 6.07) is 2.29. The summed E-state index contributed by atoms with van der Waals surface area (Å²) in [6.07, 6.45) is 7.46. The van der Waals surface area contributed by atoms with E-state index in [1.165, 1.54) is 18.4 Å². The van der Waals surface area contributed by atoms with Gasteiger partial charge >= 0.3 is 0 Å². The Bertz CT molecular complexity index is 696. The SMILES string of the molecule is Cc1nn(C)cc1CN1CCC[C@H](N(C)Cc2nccc(N)n2)CC1. The second-order valence-corrected chi connectivity index (χ2v) is 7.09. The van der Waals surface area contributed by atoms with Gasteiger partial charge in [-0.25, -0.2) is 9.97 Å². The molecule has 0 aliphatic carbocycles. The molecular formula is C18H29N7. The Hall–Kier alpha value is -1.99. The second-order valence-electron chi connectivity index (χ2n) is 7.09. The second kappa shape index (κ2) is 7.93. The van der Waals surface area contributed by atoms with Crippen LogP contribution in [-0.2, 0) is 20.1 Å². The molecule has 1 aliphatic heterocycles.